The maximum Gasteiger partial charge on any atom is 0.208 e. The van der Waals surface area contributed by atoms with Gasteiger partial charge in [-0.25, -0.2) is 0 Å². The lowest BCUT2D eigenvalue weighted by molar-refractivity contribution is 0.170. The lowest BCUT2D eigenvalue weighted by Crippen LogP contribution is -2.23. The van der Waals surface area contributed by atoms with Crippen LogP contribution >= 0.6 is 0 Å². The summed E-state index contributed by atoms with van der Waals surface area (Å²) in [5, 5.41) is 9.83. The molecule has 18 heavy (non-hydrogen) atoms. The topological polar surface area (TPSA) is 68.2 Å². The molecular formula is C14H24N2O2. The van der Waals surface area contributed by atoms with Crippen molar-refractivity contribution in [3.63, 3.8) is 0 Å². The predicted molar refractivity (Wildman–Crippen MR) is 74.2 cm³/mol. The molecule has 1 aromatic heterocycles. The van der Waals surface area contributed by atoms with E-state index in [1.165, 1.54) is 19.3 Å². The molecule has 0 unspecified atom stereocenters. The van der Waals surface area contributed by atoms with Gasteiger partial charge in [-0.15, -0.1) is 0 Å². The van der Waals surface area contributed by atoms with Crippen LogP contribution in [0.15, 0.2) is 4.79 Å². The van der Waals surface area contributed by atoms with Crippen molar-refractivity contribution in [2.24, 2.45) is 0 Å². The fourth-order valence-corrected chi connectivity index (χ4v) is 2.18. The number of anilines is 1. The van der Waals surface area contributed by atoms with Gasteiger partial charge < -0.3 is 10.9 Å². The summed E-state index contributed by atoms with van der Waals surface area (Å²) in [7, 11) is 0. The molecule has 0 aliphatic rings. The van der Waals surface area contributed by atoms with E-state index in [-0.39, 0.29) is 11.1 Å². The van der Waals surface area contributed by atoms with E-state index in [2.05, 4.69) is 6.92 Å². The maximum absolute atomic E-state index is 12.0. The number of nitrogens with two attached hydrogens (primary N) is 1. The minimum atomic E-state index is -0.120. The van der Waals surface area contributed by atoms with Crippen LogP contribution < -0.4 is 11.2 Å². The number of pyridine rings is 1. The highest BCUT2D eigenvalue weighted by atomic mass is 16.5. The maximum atomic E-state index is 12.0. The van der Waals surface area contributed by atoms with E-state index in [9.17, 15) is 10.0 Å². The summed E-state index contributed by atoms with van der Waals surface area (Å²) in [5.41, 5.74) is 7.44. The first-order valence-electron chi connectivity index (χ1n) is 6.70. The van der Waals surface area contributed by atoms with E-state index in [4.69, 9.17) is 5.73 Å². The van der Waals surface area contributed by atoms with E-state index in [1.54, 1.807) is 13.8 Å². The summed E-state index contributed by atoms with van der Waals surface area (Å²) in [6.45, 7) is 5.58. The molecule has 4 nitrogen and oxygen atoms in total. The third-order valence-electron chi connectivity index (χ3n) is 3.51. The Bertz CT molecular complexity index is 464. The van der Waals surface area contributed by atoms with Crippen molar-refractivity contribution < 1.29 is 5.21 Å². The van der Waals surface area contributed by atoms with E-state index in [0.29, 0.717) is 23.4 Å². The summed E-state index contributed by atoms with van der Waals surface area (Å²) in [6.07, 6.45) is 6.42. The van der Waals surface area contributed by atoms with Crippen molar-refractivity contribution in [2.75, 3.05) is 5.73 Å². The third-order valence-corrected chi connectivity index (χ3v) is 3.51. The van der Waals surface area contributed by atoms with Crippen LogP contribution in [0.4, 0.5) is 5.69 Å². The Morgan fingerprint density at radius 1 is 1.11 bits per heavy atom. The molecule has 0 aliphatic carbocycles. The number of nitrogens with zero attached hydrogens (tertiary/aromatic N) is 1. The Balaban J connectivity index is 2.80. The van der Waals surface area contributed by atoms with Crippen molar-refractivity contribution in [3.8, 4) is 0 Å². The van der Waals surface area contributed by atoms with Gasteiger partial charge in [0.1, 0.15) is 5.69 Å². The van der Waals surface area contributed by atoms with Crippen LogP contribution in [0.1, 0.15) is 56.0 Å². The molecule has 0 radical (unpaired) electrons. The molecule has 0 bridgehead atoms. The van der Waals surface area contributed by atoms with Crippen LogP contribution in [0.2, 0.25) is 0 Å². The molecule has 3 N–H and O–H groups in total. The molecule has 0 amide bonds. The van der Waals surface area contributed by atoms with Gasteiger partial charge >= 0.3 is 0 Å². The van der Waals surface area contributed by atoms with Crippen LogP contribution in [0, 0.1) is 13.8 Å². The SMILES string of the molecule is CCCCCCCc1c(C)n(O)c(C)c(N)c1=O. The highest BCUT2D eigenvalue weighted by molar-refractivity contribution is 5.46. The van der Waals surface area contributed by atoms with Gasteiger partial charge in [-0.3, -0.25) is 4.79 Å². The van der Waals surface area contributed by atoms with Gasteiger partial charge in [-0.1, -0.05) is 32.6 Å². The average molecular weight is 252 g/mol. The summed E-state index contributed by atoms with van der Waals surface area (Å²) >= 11 is 0. The van der Waals surface area contributed by atoms with Crippen molar-refractivity contribution in [1.82, 2.24) is 4.73 Å². The zero-order valence-electron chi connectivity index (χ0n) is 11.6. The first-order chi connectivity index (χ1) is 8.50. The normalized spacial score (nSPS) is 10.8. The van der Waals surface area contributed by atoms with Gasteiger partial charge in [0.25, 0.3) is 0 Å². The van der Waals surface area contributed by atoms with Crippen molar-refractivity contribution in [3.05, 3.63) is 27.2 Å². The highest BCUT2D eigenvalue weighted by Gasteiger charge is 2.14. The molecule has 1 rings (SSSR count). The number of unbranched alkanes of at least 4 members (excludes halogenated alkanes) is 4. The Kier molecular flexibility index (Phi) is 5.25. The number of nitrogen functional groups attached to an aromatic ring is 1. The molecule has 102 valence electrons. The molecule has 0 aromatic carbocycles. The average Bonchev–Trinajstić information content (AvgIpc) is 2.37. The van der Waals surface area contributed by atoms with E-state index < -0.39 is 0 Å². The van der Waals surface area contributed by atoms with Crippen molar-refractivity contribution in [2.45, 2.75) is 59.3 Å². The van der Waals surface area contributed by atoms with Crippen molar-refractivity contribution >= 4 is 5.69 Å². The monoisotopic (exact) mass is 252 g/mol. The standard InChI is InChI=1S/C14H24N2O2/c1-4-5-6-7-8-9-12-10(2)16(18)11(3)13(15)14(12)17/h18H,4-9,15H2,1-3H3. The molecule has 0 fully saturated rings. The van der Waals surface area contributed by atoms with Crippen LogP contribution in [-0.2, 0) is 6.42 Å². The molecule has 4 heteroatoms. The van der Waals surface area contributed by atoms with E-state index >= 15 is 0 Å². The fraction of sp³-hybridized carbons (Fsp3) is 0.643. The molecule has 0 spiro atoms. The number of hydrogen-bond donors (Lipinski definition) is 2. The number of aromatic nitrogens is 1. The molecular weight excluding hydrogens is 228 g/mol. The van der Waals surface area contributed by atoms with Gasteiger partial charge in [0, 0.05) is 5.56 Å². The summed E-state index contributed by atoms with van der Waals surface area (Å²) < 4.78 is 1.03. The minimum absolute atomic E-state index is 0.120. The second kappa shape index (κ2) is 6.47. The van der Waals surface area contributed by atoms with Crippen LogP contribution in [0.25, 0.3) is 0 Å². The largest absolute Gasteiger partial charge is 0.428 e. The van der Waals surface area contributed by atoms with Gasteiger partial charge in [0.05, 0.1) is 11.4 Å². The van der Waals surface area contributed by atoms with Gasteiger partial charge in [0.2, 0.25) is 5.43 Å². The summed E-state index contributed by atoms with van der Waals surface area (Å²) in [5.74, 6) is 0. The van der Waals surface area contributed by atoms with Crippen LogP contribution in [0.3, 0.4) is 0 Å². The smallest absolute Gasteiger partial charge is 0.208 e. The van der Waals surface area contributed by atoms with Crippen molar-refractivity contribution in [1.29, 1.82) is 0 Å². The highest BCUT2D eigenvalue weighted by Crippen LogP contribution is 2.14. The molecule has 1 aromatic rings. The Morgan fingerprint density at radius 3 is 2.33 bits per heavy atom. The number of hydrogen-bond acceptors (Lipinski definition) is 3. The quantitative estimate of drug-likeness (QED) is 0.604. The minimum Gasteiger partial charge on any atom is -0.428 e. The molecule has 0 saturated heterocycles. The first kappa shape index (κ1) is 14.6. The van der Waals surface area contributed by atoms with Crippen LogP contribution in [0.5, 0.6) is 0 Å². The zero-order valence-corrected chi connectivity index (χ0v) is 11.6. The lowest BCUT2D eigenvalue weighted by Gasteiger charge is -2.13. The Morgan fingerprint density at radius 2 is 1.72 bits per heavy atom. The fourth-order valence-electron chi connectivity index (χ4n) is 2.18. The second-order valence-corrected chi connectivity index (χ2v) is 4.87. The third kappa shape index (κ3) is 3.06. The zero-order chi connectivity index (χ0) is 13.7. The van der Waals surface area contributed by atoms with Crippen LogP contribution in [-0.4, -0.2) is 9.94 Å². The summed E-state index contributed by atoms with van der Waals surface area (Å²) in [4.78, 5) is 12.0. The molecule has 0 saturated carbocycles. The van der Waals surface area contributed by atoms with Gasteiger partial charge in [-0.05, 0) is 26.7 Å². The molecule has 0 aliphatic heterocycles. The summed E-state index contributed by atoms with van der Waals surface area (Å²) in [6, 6.07) is 0. The van der Waals surface area contributed by atoms with Gasteiger partial charge in [0.15, 0.2) is 0 Å². The number of rotatable bonds is 6. The lowest BCUT2D eigenvalue weighted by atomic mass is 10.0. The molecule has 1 heterocycles. The molecule has 0 atom stereocenters. The van der Waals surface area contributed by atoms with Gasteiger partial charge in [-0.2, -0.15) is 4.73 Å². The second-order valence-electron chi connectivity index (χ2n) is 4.87. The Labute approximate surface area is 108 Å². The first-order valence-corrected chi connectivity index (χ1v) is 6.70. The van der Waals surface area contributed by atoms with E-state index in [1.807, 2.05) is 0 Å². The van der Waals surface area contributed by atoms with E-state index in [0.717, 1.165) is 17.6 Å². The Hall–Kier alpha value is -1.45. The predicted octanol–water partition coefficient (Wildman–Crippen LogP) is 2.80.